The molecule has 5 heteroatoms. The summed E-state index contributed by atoms with van der Waals surface area (Å²) in [6.45, 7) is 3.73. The molecular formula is C9H8ClFN2O. The molecule has 0 saturated heterocycles. The summed E-state index contributed by atoms with van der Waals surface area (Å²) in [6.07, 6.45) is 2.46. The largest absolute Gasteiger partial charge is 0.348 e. The van der Waals surface area contributed by atoms with Crippen molar-refractivity contribution in [2.45, 2.75) is 0 Å². The number of carbonyl (C=O) groups excluding carboxylic acids is 1. The van der Waals surface area contributed by atoms with Crippen LogP contribution in [0.15, 0.2) is 24.9 Å². The predicted octanol–water partition coefficient (Wildman–Crippen LogP) is 1.79. The molecule has 0 bridgehead atoms. The van der Waals surface area contributed by atoms with Crippen LogP contribution in [0, 0.1) is 5.82 Å². The minimum atomic E-state index is -0.599. The number of carbonyl (C=O) groups is 1. The highest BCUT2D eigenvalue weighted by Crippen LogP contribution is 2.13. The van der Waals surface area contributed by atoms with Gasteiger partial charge in [0.15, 0.2) is 0 Å². The van der Waals surface area contributed by atoms with Gasteiger partial charge in [0.25, 0.3) is 5.91 Å². The third-order valence-corrected chi connectivity index (χ3v) is 1.76. The first kappa shape index (κ1) is 10.7. The molecule has 1 amide bonds. The molecule has 0 atom stereocenters. The maximum atomic E-state index is 12.7. The lowest BCUT2D eigenvalue weighted by atomic mass is 10.2. The van der Waals surface area contributed by atoms with E-state index in [0.717, 1.165) is 12.3 Å². The zero-order valence-electron chi connectivity index (χ0n) is 7.26. The normalized spacial score (nSPS) is 9.57. The fourth-order valence-electron chi connectivity index (χ4n) is 0.842. The molecular weight excluding hydrogens is 207 g/mol. The lowest BCUT2D eigenvalue weighted by Crippen LogP contribution is -2.23. The van der Waals surface area contributed by atoms with E-state index in [4.69, 9.17) is 11.6 Å². The molecule has 0 aliphatic heterocycles. The molecule has 0 saturated carbocycles. The molecule has 0 fully saturated rings. The molecule has 1 aromatic heterocycles. The number of amides is 1. The van der Waals surface area contributed by atoms with Crippen molar-refractivity contribution in [3.63, 3.8) is 0 Å². The standard InChI is InChI=1S/C9H8ClFN2O/c1-2-3-12-9(14)7-4-6(11)5-13-8(7)10/h2,4-5H,1,3H2,(H,12,14). The van der Waals surface area contributed by atoms with Gasteiger partial charge in [-0.2, -0.15) is 0 Å². The highest BCUT2D eigenvalue weighted by molar-refractivity contribution is 6.32. The molecule has 1 rings (SSSR count). The van der Waals surface area contributed by atoms with E-state index in [1.54, 1.807) is 0 Å². The Bertz CT molecular complexity index is 368. The topological polar surface area (TPSA) is 42.0 Å². The molecule has 0 aliphatic carbocycles. The molecule has 74 valence electrons. The van der Waals surface area contributed by atoms with Crippen molar-refractivity contribution in [2.75, 3.05) is 6.54 Å². The van der Waals surface area contributed by atoms with Gasteiger partial charge in [-0.25, -0.2) is 9.37 Å². The van der Waals surface area contributed by atoms with Crippen molar-refractivity contribution in [3.05, 3.63) is 41.5 Å². The Hall–Kier alpha value is -1.42. The zero-order chi connectivity index (χ0) is 10.6. The Kier molecular flexibility index (Phi) is 3.59. The minimum Gasteiger partial charge on any atom is -0.348 e. The maximum Gasteiger partial charge on any atom is 0.254 e. The van der Waals surface area contributed by atoms with Crippen LogP contribution in [-0.4, -0.2) is 17.4 Å². The van der Waals surface area contributed by atoms with Crippen molar-refractivity contribution in [3.8, 4) is 0 Å². The van der Waals surface area contributed by atoms with E-state index in [1.165, 1.54) is 6.08 Å². The fourth-order valence-corrected chi connectivity index (χ4v) is 1.03. The summed E-state index contributed by atoms with van der Waals surface area (Å²) >= 11 is 5.61. The summed E-state index contributed by atoms with van der Waals surface area (Å²) in [5.74, 6) is -1.07. The average molecular weight is 215 g/mol. The molecule has 0 aliphatic rings. The number of pyridine rings is 1. The van der Waals surface area contributed by atoms with Crippen LogP contribution in [0.5, 0.6) is 0 Å². The van der Waals surface area contributed by atoms with Gasteiger partial charge in [-0.1, -0.05) is 17.7 Å². The Labute approximate surface area is 85.6 Å². The van der Waals surface area contributed by atoms with Crippen molar-refractivity contribution < 1.29 is 9.18 Å². The minimum absolute atomic E-state index is 0.0204. The number of aromatic nitrogens is 1. The molecule has 1 heterocycles. The number of nitrogens with one attached hydrogen (secondary N) is 1. The van der Waals surface area contributed by atoms with Crippen LogP contribution in [-0.2, 0) is 0 Å². The molecule has 0 unspecified atom stereocenters. The molecule has 3 nitrogen and oxygen atoms in total. The van der Waals surface area contributed by atoms with Gasteiger partial charge >= 0.3 is 0 Å². The number of halogens is 2. The SMILES string of the molecule is C=CCNC(=O)c1cc(F)cnc1Cl. The Balaban J connectivity index is 2.88. The highest BCUT2D eigenvalue weighted by atomic mass is 35.5. The van der Waals surface area contributed by atoms with E-state index < -0.39 is 11.7 Å². The van der Waals surface area contributed by atoms with Gasteiger partial charge in [0.2, 0.25) is 0 Å². The van der Waals surface area contributed by atoms with Crippen LogP contribution < -0.4 is 5.32 Å². The summed E-state index contributed by atoms with van der Waals surface area (Å²) in [5, 5.41) is 2.45. The average Bonchev–Trinajstić information content (AvgIpc) is 2.18. The van der Waals surface area contributed by atoms with Gasteiger partial charge < -0.3 is 5.32 Å². The Morgan fingerprint density at radius 1 is 1.79 bits per heavy atom. The second-order valence-electron chi connectivity index (χ2n) is 2.49. The first-order chi connectivity index (χ1) is 6.65. The predicted molar refractivity (Wildman–Crippen MR) is 51.7 cm³/mol. The first-order valence-corrected chi connectivity index (χ1v) is 4.23. The van der Waals surface area contributed by atoms with Gasteiger partial charge in [0.1, 0.15) is 11.0 Å². The summed E-state index contributed by atoms with van der Waals surface area (Å²) in [4.78, 5) is 14.8. The third-order valence-electron chi connectivity index (χ3n) is 1.46. The lowest BCUT2D eigenvalue weighted by molar-refractivity contribution is 0.0957. The monoisotopic (exact) mass is 214 g/mol. The zero-order valence-corrected chi connectivity index (χ0v) is 8.01. The molecule has 1 aromatic rings. The molecule has 14 heavy (non-hydrogen) atoms. The van der Waals surface area contributed by atoms with E-state index in [9.17, 15) is 9.18 Å². The molecule has 0 radical (unpaired) electrons. The second kappa shape index (κ2) is 4.72. The van der Waals surface area contributed by atoms with Crippen LogP contribution in [0.1, 0.15) is 10.4 Å². The molecule has 0 aromatic carbocycles. The Morgan fingerprint density at radius 3 is 3.14 bits per heavy atom. The van der Waals surface area contributed by atoms with Crippen LogP contribution in [0.4, 0.5) is 4.39 Å². The van der Waals surface area contributed by atoms with E-state index in [0.29, 0.717) is 6.54 Å². The summed E-state index contributed by atoms with van der Waals surface area (Å²) < 4.78 is 12.7. The second-order valence-corrected chi connectivity index (χ2v) is 2.85. The lowest BCUT2D eigenvalue weighted by Gasteiger charge is -2.03. The highest BCUT2D eigenvalue weighted by Gasteiger charge is 2.11. The van der Waals surface area contributed by atoms with E-state index in [-0.39, 0.29) is 10.7 Å². The van der Waals surface area contributed by atoms with Gasteiger partial charge in [-0.15, -0.1) is 6.58 Å². The van der Waals surface area contributed by atoms with E-state index in [2.05, 4.69) is 16.9 Å². The summed E-state index contributed by atoms with van der Waals surface area (Å²) in [7, 11) is 0. The van der Waals surface area contributed by atoms with Crippen LogP contribution >= 0.6 is 11.6 Å². The van der Waals surface area contributed by atoms with Gasteiger partial charge in [0.05, 0.1) is 11.8 Å². The van der Waals surface area contributed by atoms with Crippen molar-refractivity contribution in [1.29, 1.82) is 0 Å². The van der Waals surface area contributed by atoms with E-state index >= 15 is 0 Å². The Morgan fingerprint density at radius 2 is 2.50 bits per heavy atom. The quantitative estimate of drug-likeness (QED) is 0.616. The third kappa shape index (κ3) is 2.53. The smallest absolute Gasteiger partial charge is 0.254 e. The van der Waals surface area contributed by atoms with Crippen molar-refractivity contribution in [2.24, 2.45) is 0 Å². The van der Waals surface area contributed by atoms with Crippen molar-refractivity contribution >= 4 is 17.5 Å². The molecule has 0 spiro atoms. The summed E-state index contributed by atoms with van der Waals surface area (Å²) in [6, 6.07) is 1.04. The maximum absolute atomic E-state index is 12.7. The van der Waals surface area contributed by atoms with Crippen molar-refractivity contribution in [1.82, 2.24) is 10.3 Å². The van der Waals surface area contributed by atoms with Gasteiger partial charge in [-0.05, 0) is 6.07 Å². The first-order valence-electron chi connectivity index (χ1n) is 3.85. The number of hydrogen-bond donors (Lipinski definition) is 1. The van der Waals surface area contributed by atoms with E-state index in [1.807, 2.05) is 0 Å². The number of hydrogen-bond acceptors (Lipinski definition) is 2. The van der Waals surface area contributed by atoms with Crippen LogP contribution in [0.25, 0.3) is 0 Å². The van der Waals surface area contributed by atoms with Gasteiger partial charge in [0, 0.05) is 6.54 Å². The summed E-state index contributed by atoms with van der Waals surface area (Å²) in [5.41, 5.74) is 0.0218. The van der Waals surface area contributed by atoms with Crippen LogP contribution in [0.3, 0.4) is 0 Å². The fraction of sp³-hybridized carbons (Fsp3) is 0.111. The number of nitrogens with zero attached hydrogens (tertiary/aromatic N) is 1. The van der Waals surface area contributed by atoms with Crippen LogP contribution in [0.2, 0.25) is 5.15 Å². The van der Waals surface area contributed by atoms with Gasteiger partial charge in [-0.3, -0.25) is 4.79 Å². The molecule has 1 N–H and O–H groups in total. The number of rotatable bonds is 3.